The maximum absolute atomic E-state index is 12.1. The van der Waals surface area contributed by atoms with Crippen LogP contribution in [0.3, 0.4) is 0 Å². The van der Waals surface area contributed by atoms with Crippen LogP contribution in [0.25, 0.3) is 5.70 Å². The van der Waals surface area contributed by atoms with E-state index < -0.39 is 0 Å². The van der Waals surface area contributed by atoms with Gasteiger partial charge < -0.3 is 4.90 Å². The van der Waals surface area contributed by atoms with Crippen molar-refractivity contribution in [3.8, 4) is 6.07 Å². The van der Waals surface area contributed by atoms with Crippen molar-refractivity contribution in [2.24, 2.45) is 0 Å². The fraction of sp³-hybridized carbons (Fsp3) is 0.286. The van der Waals surface area contributed by atoms with Gasteiger partial charge in [0.1, 0.15) is 0 Å². The molecule has 19 heavy (non-hydrogen) atoms. The van der Waals surface area contributed by atoms with E-state index in [2.05, 4.69) is 34.7 Å². The van der Waals surface area contributed by atoms with Crippen molar-refractivity contribution < 1.29 is 37.5 Å². The third-order valence-electron chi connectivity index (χ3n) is 2.86. The Kier molecular flexibility index (Phi) is 6.65. The van der Waals surface area contributed by atoms with Gasteiger partial charge in [-0.2, -0.15) is 10.8 Å². The van der Waals surface area contributed by atoms with Crippen molar-refractivity contribution in [3.05, 3.63) is 41.5 Å². The summed E-state index contributed by atoms with van der Waals surface area (Å²) in [5.74, 6) is 0.135. The molecule has 0 N–H and O–H groups in total. The molecule has 5 heteroatoms. The Balaban J connectivity index is 0.00000180. The summed E-state index contributed by atoms with van der Waals surface area (Å²) in [6.45, 7) is 2.60. The number of benzene rings is 1. The summed E-state index contributed by atoms with van der Waals surface area (Å²) in [5, 5.41) is 8.78. The Bertz CT molecular complexity index is 533. The van der Waals surface area contributed by atoms with Crippen LogP contribution in [0.5, 0.6) is 0 Å². The first-order valence-corrected chi connectivity index (χ1v) is 6.98. The fourth-order valence-electron chi connectivity index (χ4n) is 1.92. The molecule has 0 spiro atoms. The molecule has 1 unspecified atom stereocenters. The van der Waals surface area contributed by atoms with Gasteiger partial charge in [-0.1, -0.05) is 41.1 Å². The number of halogens is 1. The number of nitrogens with zero attached hydrogens (tertiary/aromatic N) is 2. The second kappa shape index (κ2) is 7.51. The summed E-state index contributed by atoms with van der Waals surface area (Å²) in [5.41, 5.74) is 2.39. The molecule has 0 saturated carbocycles. The third-order valence-corrected chi connectivity index (χ3v) is 3.83. The summed E-state index contributed by atoms with van der Waals surface area (Å²) < 4.78 is -0.0234. The molecule has 1 amide bonds. The number of allylic oxidation sites excluding steroid dienone is 1. The second-order valence-corrected chi connectivity index (χ2v) is 5.47. The van der Waals surface area contributed by atoms with Gasteiger partial charge in [0, 0.05) is 44.8 Å². The maximum Gasteiger partial charge on any atom is 0.235 e. The molecule has 0 aromatic heterocycles. The molecule has 1 aromatic carbocycles. The van der Waals surface area contributed by atoms with Crippen LogP contribution in [-0.2, 0) is 37.5 Å². The van der Waals surface area contributed by atoms with Gasteiger partial charge in [-0.05, 0) is 6.92 Å². The zero-order valence-corrected chi connectivity index (χ0v) is 15.6. The first-order chi connectivity index (χ1) is 8.67. The number of hydrogen-bond donors (Lipinski definition) is 0. The fourth-order valence-corrected chi connectivity index (χ4v) is 2.48. The molecule has 1 heterocycles. The van der Waals surface area contributed by atoms with E-state index in [0.717, 1.165) is 11.3 Å². The average molecular weight is 440 g/mol. The molecule has 3 nitrogen and oxygen atoms in total. The quantitative estimate of drug-likeness (QED) is 0.404. The monoisotopic (exact) mass is 440 g/mol. The number of amides is 1. The van der Waals surface area contributed by atoms with Crippen molar-refractivity contribution in [1.82, 2.24) is 4.90 Å². The van der Waals surface area contributed by atoms with Crippen molar-refractivity contribution in [3.63, 3.8) is 0 Å². The summed E-state index contributed by atoms with van der Waals surface area (Å²) in [6, 6.07) is 9.34. The third kappa shape index (κ3) is 3.65. The number of carbonyl (C=O) groups excluding carboxylic acids is 1. The normalized spacial score (nSPS) is 18.4. The topological polar surface area (TPSA) is 44.1 Å². The van der Waals surface area contributed by atoms with Crippen LogP contribution in [0.2, 0.25) is 0 Å². The van der Waals surface area contributed by atoms with Crippen LogP contribution in [0.1, 0.15) is 24.5 Å². The van der Waals surface area contributed by atoms with Gasteiger partial charge in [0.2, 0.25) is 5.91 Å². The maximum atomic E-state index is 12.1. The summed E-state index contributed by atoms with van der Waals surface area (Å²) in [7, 11) is 0. The standard InChI is InChI=1S/C14H12IN2O.Y/c1-2-17-13(8-7-12(15)14(17)18)11-5-3-10(9-16)4-6-11;/h3-6,12H,2,7H2,1H3;/q-1;. The molecule has 95 valence electrons. The summed E-state index contributed by atoms with van der Waals surface area (Å²) in [6.07, 6.45) is 3.93. The largest absolute Gasteiger partial charge is 0.347 e. The second-order valence-electron chi connectivity index (χ2n) is 3.97. The van der Waals surface area contributed by atoms with E-state index in [1.54, 1.807) is 17.0 Å². The van der Waals surface area contributed by atoms with Crippen molar-refractivity contribution in [2.75, 3.05) is 6.54 Å². The van der Waals surface area contributed by atoms with Gasteiger partial charge in [-0.15, -0.1) is 17.8 Å². The number of alkyl halides is 1. The average Bonchev–Trinajstić information content (AvgIpc) is 2.42. The summed E-state index contributed by atoms with van der Waals surface area (Å²) in [4.78, 5) is 13.8. The Hall–Kier alpha value is -0.246. The van der Waals surface area contributed by atoms with Gasteiger partial charge in [0.25, 0.3) is 0 Å². The summed E-state index contributed by atoms with van der Waals surface area (Å²) >= 11 is 2.15. The minimum atomic E-state index is -0.0234. The molecule has 0 fully saturated rings. The van der Waals surface area contributed by atoms with Crippen molar-refractivity contribution >= 4 is 34.2 Å². The zero-order valence-electron chi connectivity index (χ0n) is 10.6. The van der Waals surface area contributed by atoms with Crippen LogP contribution in [0, 0.1) is 17.4 Å². The molecule has 2 rings (SSSR count). The molecule has 0 saturated heterocycles. The number of nitriles is 1. The number of carbonyl (C=O) groups is 1. The Labute approximate surface area is 152 Å². The van der Waals surface area contributed by atoms with E-state index in [4.69, 9.17) is 5.26 Å². The van der Waals surface area contributed by atoms with Crippen molar-refractivity contribution in [1.29, 1.82) is 5.26 Å². The van der Waals surface area contributed by atoms with E-state index in [1.807, 2.05) is 19.1 Å². The molecule has 1 atom stereocenters. The SMILES string of the molecule is CCN1C(=O)C(I)C[C-]=C1c1ccc(C#N)cc1.[Y]. The van der Waals surface area contributed by atoms with E-state index >= 15 is 0 Å². The molecule has 0 bridgehead atoms. The first-order valence-electron chi connectivity index (χ1n) is 5.74. The van der Waals surface area contributed by atoms with Gasteiger partial charge in [0.05, 0.1) is 9.99 Å². The van der Waals surface area contributed by atoms with E-state index in [9.17, 15) is 4.79 Å². The van der Waals surface area contributed by atoms with E-state index in [-0.39, 0.29) is 42.5 Å². The van der Waals surface area contributed by atoms with Crippen LogP contribution < -0.4 is 0 Å². The molecular formula is C14H12IN2OY-. The Morgan fingerprint density at radius 1 is 1.47 bits per heavy atom. The minimum Gasteiger partial charge on any atom is -0.347 e. The van der Waals surface area contributed by atoms with Crippen LogP contribution >= 0.6 is 22.6 Å². The molecule has 1 radical (unpaired) electrons. The van der Waals surface area contributed by atoms with Gasteiger partial charge in [0.15, 0.2) is 0 Å². The predicted molar refractivity (Wildman–Crippen MR) is 77.6 cm³/mol. The minimum absolute atomic E-state index is 0. The zero-order chi connectivity index (χ0) is 13.1. The van der Waals surface area contributed by atoms with Crippen LogP contribution in [-0.4, -0.2) is 21.3 Å². The molecule has 1 aromatic rings. The van der Waals surface area contributed by atoms with Crippen LogP contribution in [0.4, 0.5) is 0 Å². The molecule has 1 aliphatic heterocycles. The predicted octanol–water partition coefficient (Wildman–Crippen LogP) is 2.76. The first kappa shape index (κ1) is 16.8. The van der Waals surface area contributed by atoms with E-state index in [1.165, 1.54) is 0 Å². The van der Waals surface area contributed by atoms with Gasteiger partial charge in [-0.25, -0.2) is 6.08 Å². The van der Waals surface area contributed by atoms with Gasteiger partial charge >= 0.3 is 0 Å². The Morgan fingerprint density at radius 2 is 2.11 bits per heavy atom. The molecular weight excluding hydrogens is 428 g/mol. The smallest absolute Gasteiger partial charge is 0.235 e. The Morgan fingerprint density at radius 3 is 2.63 bits per heavy atom. The number of hydrogen-bond acceptors (Lipinski definition) is 2. The van der Waals surface area contributed by atoms with Crippen molar-refractivity contribution in [2.45, 2.75) is 17.3 Å². The van der Waals surface area contributed by atoms with E-state index in [0.29, 0.717) is 18.5 Å². The number of rotatable bonds is 2. The molecule has 0 aliphatic carbocycles. The van der Waals surface area contributed by atoms with Gasteiger partial charge in [-0.3, -0.25) is 4.79 Å². The molecule has 1 aliphatic rings. The van der Waals surface area contributed by atoms with Crippen LogP contribution in [0.15, 0.2) is 24.3 Å².